The average Bonchev–Trinajstić information content (AvgIpc) is 3.06. The first-order chi connectivity index (χ1) is 16.2. The molecule has 0 aliphatic carbocycles. The Balaban J connectivity index is 0.000000588. The van der Waals surface area contributed by atoms with Crippen LogP contribution in [0.25, 0.3) is 0 Å². The van der Waals surface area contributed by atoms with E-state index in [1.165, 1.54) is 4.90 Å². The van der Waals surface area contributed by atoms with Crippen LogP contribution in [0.15, 0.2) is 60.7 Å². The Labute approximate surface area is 201 Å². The van der Waals surface area contributed by atoms with Gasteiger partial charge in [0.1, 0.15) is 11.6 Å². The van der Waals surface area contributed by atoms with Gasteiger partial charge in [0.25, 0.3) is 11.8 Å². The standard InChI is InChI=1S/C23H24N2O4.C4H10O/c1-15-20(27)29-22(2)14-18(16-10-6-4-7-11-16)23(3,21(28)25(15)22)24-19(26)17-12-8-5-9-13-17;1-3-5-4-2/h4-13,15,18H,14H2,1-3H3,(H,24,26);3-4H2,1-2H3/t15-,18+,22+,23+;/m0./s1. The zero-order chi connectivity index (χ0) is 24.9. The summed E-state index contributed by atoms with van der Waals surface area (Å²) in [6.45, 7) is 10.8. The highest BCUT2D eigenvalue weighted by Crippen LogP contribution is 2.48. The smallest absolute Gasteiger partial charge is 0.330 e. The SMILES string of the molecule is CCOCC.C[C@H]1C(=O)O[C@]2(C)C[C@H](c3ccccc3)[C@@](C)(NC(=O)c3ccccc3)C(=O)N12. The number of carbonyl (C=O) groups excluding carboxylic acids is 3. The van der Waals surface area contributed by atoms with Gasteiger partial charge in [0.05, 0.1) is 0 Å². The van der Waals surface area contributed by atoms with Gasteiger partial charge in [-0.3, -0.25) is 14.5 Å². The van der Waals surface area contributed by atoms with E-state index in [0.717, 1.165) is 18.8 Å². The number of ether oxygens (including phenoxy) is 2. The Bertz CT molecular complexity index is 1010. The van der Waals surface area contributed by atoms with E-state index in [0.29, 0.717) is 12.0 Å². The lowest BCUT2D eigenvalue weighted by Crippen LogP contribution is -2.69. The van der Waals surface area contributed by atoms with E-state index in [1.54, 1.807) is 45.0 Å². The third-order valence-corrected chi connectivity index (χ3v) is 6.52. The van der Waals surface area contributed by atoms with Crippen LogP contribution in [0.4, 0.5) is 0 Å². The molecule has 2 aliphatic heterocycles. The zero-order valence-corrected chi connectivity index (χ0v) is 20.5. The quantitative estimate of drug-likeness (QED) is 0.676. The van der Waals surface area contributed by atoms with Crippen LogP contribution in [0.5, 0.6) is 0 Å². The van der Waals surface area contributed by atoms with Gasteiger partial charge in [-0.1, -0.05) is 48.5 Å². The largest absolute Gasteiger partial charge is 0.438 e. The minimum absolute atomic E-state index is 0.317. The topological polar surface area (TPSA) is 84.9 Å². The molecule has 0 radical (unpaired) electrons. The Hall–Kier alpha value is -3.19. The van der Waals surface area contributed by atoms with E-state index >= 15 is 0 Å². The summed E-state index contributed by atoms with van der Waals surface area (Å²) in [7, 11) is 0. The number of nitrogens with one attached hydrogen (secondary N) is 1. The molecule has 0 bridgehead atoms. The summed E-state index contributed by atoms with van der Waals surface area (Å²) in [5.74, 6) is -1.43. The molecule has 2 aliphatic rings. The summed E-state index contributed by atoms with van der Waals surface area (Å²) in [6.07, 6.45) is 0.393. The second kappa shape index (κ2) is 10.4. The van der Waals surface area contributed by atoms with Crippen LogP contribution in [-0.2, 0) is 19.1 Å². The molecule has 1 N–H and O–H groups in total. The minimum atomic E-state index is -1.23. The molecule has 2 aromatic carbocycles. The molecule has 4 atom stereocenters. The molecule has 34 heavy (non-hydrogen) atoms. The number of amides is 2. The van der Waals surface area contributed by atoms with Crippen LogP contribution in [0, 0.1) is 0 Å². The van der Waals surface area contributed by atoms with Crippen molar-refractivity contribution in [1.29, 1.82) is 0 Å². The van der Waals surface area contributed by atoms with Crippen molar-refractivity contribution >= 4 is 17.8 Å². The van der Waals surface area contributed by atoms with Crippen molar-refractivity contribution in [2.24, 2.45) is 0 Å². The van der Waals surface area contributed by atoms with Crippen LogP contribution in [0.3, 0.4) is 0 Å². The number of hydrogen-bond acceptors (Lipinski definition) is 5. The van der Waals surface area contributed by atoms with Gasteiger partial charge in [-0.2, -0.15) is 0 Å². The highest BCUT2D eigenvalue weighted by atomic mass is 16.6. The van der Waals surface area contributed by atoms with Gasteiger partial charge in [-0.25, -0.2) is 4.79 Å². The first-order valence-corrected chi connectivity index (χ1v) is 11.7. The molecule has 2 aromatic rings. The first-order valence-electron chi connectivity index (χ1n) is 11.7. The van der Waals surface area contributed by atoms with E-state index in [2.05, 4.69) is 5.32 Å². The third-order valence-electron chi connectivity index (χ3n) is 6.52. The summed E-state index contributed by atoms with van der Waals surface area (Å²) in [4.78, 5) is 40.5. The van der Waals surface area contributed by atoms with E-state index in [1.807, 2.05) is 50.2 Å². The molecule has 7 heteroatoms. The van der Waals surface area contributed by atoms with Crippen LogP contribution in [-0.4, -0.2) is 53.2 Å². The van der Waals surface area contributed by atoms with Crippen LogP contribution >= 0.6 is 0 Å². The Morgan fingerprint density at radius 3 is 2.12 bits per heavy atom. The van der Waals surface area contributed by atoms with Crippen molar-refractivity contribution in [1.82, 2.24) is 10.2 Å². The zero-order valence-electron chi connectivity index (χ0n) is 20.5. The van der Waals surface area contributed by atoms with E-state index in [9.17, 15) is 14.4 Å². The molecular formula is C27H34N2O5. The molecule has 2 amide bonds. The number of esters is 1. The number of piperidine rings is 1. The number of hydrogen-bond donors (Lipinski definition) is 1. The Kier molecular flexibility index (Phi) is 7.77. The summed E-state index contributed by atoms with van der Waals surface area (Å²) in [5.41, 5.74) is -0.877. The molecule has 4 rings (SSSR count). The van der Waals surface area contributed by atoms with Crippen molar-refractivity contribution in [3.05, 3.63) is 71.8 Å². The predicted molar refractivity (Wildman–Crippen MR) is 129 cm³/mol. The van der Waals surface area contributed by atoms with Crippen LogP contribution in [0.2, 0.25) is 0 Å². The van der Waals surface area contributed by atoms with Gasteiger partial charge >= 0.3 is 5.97 Å². The van der Waals surface area contributed by atoms with Gasteiger partial charge in [0.15, 0.2) is 5.72 Å². The van der Waals surface area contributed by atoms with Gasteiger partial charge in [0.2, 0.25) is 0 Å². The highest BCUT2D eigenvalue weighted by Gasteiger charge is 2.63. The number of benzene rings is 2. The van der Waals surface area contributed by atoms with Crippen molar-refractivity contribution in [2.75, 3.05) is 13.2 Å². The maximum atomic E-state index is 13.7. The van der Waals surface area contributed by atoms with Gasteiger partial charge in [-0.15, -0.1) is 0 Å². The molecule has 0 aromatic heterocycles. The molecule has 2 heterocycles. The summed E-state index contributed by atoms with van der Waals surface area (Å²) in [5, 5.41) is 2.98. The highest BCUT2D eigenvalue weighted by molar-refractivity contribution is 6.01. The summed E-state index contributed by atoms with van der Waals surface area (Å²) in [6, 6.07) is 17.7. The van der Waals surface area contributed by atoms with Crippen molar-refractivity contribution in [2.45, 2.75) is 64.3 Å². The lowest BCUT2D eigenvalue weighted by Gasteiger charge is -2.51. The Morgan fingerprint density at radius 1 is 1.03 bits per heavy atom. The minimum Gasteiger partial charge on any atom is -0.438 e. The molecule has 2 fully saturated rings. The second-order valence-electron chi connectivity index (χ2n) is 8.92. The molecule has 182 valence electrons. The fourth-order valence-electron chi connectivity index (χ4n) is 4.76. The summed E-state index contributed by atoms with van der Waals surface area (Å²) >= 11 is 0. The van der Waals surface area contributed by atoms with Crippen molar-refractivity contribution in [3.8, 4) is 0 Å². The normalized spacial score (nSPS) is 27.9. The maximum absolute atomic E-state index is 13.7. The van der Waals surface area contributed by atoms with Crippen molar-refractivity contribution < 1.29 is 23.9 Å². The van der Waals surface area contributed by atoms with E-state index in [4.69, 9.17) is 9.47 Å². The maximum Gasteiger partial charge on any atom is 0.330 e. The Morgan fingerprint density at radius 2 is 1.59 bits per heavy atom. The fraction of sp³-hybridized carbons (Fsp3) is 0.444. The van der Waals surface area contributed by atoms with Crippen LogP contribution in [0.1, 0.15) is 62.9 Å². The molecule has 0 saturated carbocycles. The third kappa shape index (κ3) is 4.85. The lowest BCUT2D eigenvalue weighted by molar-refractivity contribution is -0.173. The fourth-order valence-corrected chi connectivity index (χ4v) is 4.76. The molecule has 0 spiro atoms. The molecule has 7 nitrogen and oxygen atoms in total. The first kappa shape index (κ1) is 25.4. The average molecular weight is 467 g/mol. The van der Waals surface area contributed by atoms with E-state index in [-0.39, 0.29) is 17.7 Å². The van der Waals surface area contributed by atoms with Crippen molar-refractivity contribution in [3.63, 3.8) is 0 Å². The number of fused-ring (bicyclic) bond motifs is 1. The van der Waals surface area contributed by atoms with Gasteiger partial charge < -0.3 is 14.8 Å². The van der Waals surface area contributed by atoms with Gasteiger partial charge in [-0.05, 0) is 52.3 Å². The molecular weight excluding hydrogens is 432 g/mol. The lowest BCUT2D eigenvalue weighted by atomic mass is 9.71. The number of carbonyl (C=O) groups is 3. The number of rotatable bonds is 5. The summed E-state index contributed by atoms with van der Waals surface area (Å²) < 4.78 is 10.5. The predicted octanol–water partition coefficient (Wildman–Crippen LogP) is 3.90. The second-order valence-corrected chi connectivity index (χ2v) is 8.92. The molecule has 2 saturated heterocycles. The monoisotopic (exact) mass is 466 g/mol. The number of nitrogens with zero attached hydrogens (tertiary/aromatic N) is 1. The van der Waals surface area contributed by atoms with E-state index < -0.39 is 23.3 Å². The van der Waals surface area contributed by atoms with Crippen LogP contribution < -0.4 is 5.32 Å². The molecule has 0 unspecified atom stereocenters. The van der Waals surface area contributed by atoms with Gasteiger partial charge in [0, 0.05) is 31.1 Å².